The molecule has 0 aromatic carbocycles. The summed E-state index contributed by atoms with van der Waals surface area (Å²) in [5.41, 5.74) is 0. The fourth-order valence-corrected chi connectivity index (χ4v) is 8.42. The fourth-order valence-electron chi connectivity index (χ4n) is 8.42. The van der Waals surface area contributed by atoms with Crippen molar-refractivity contribution in [1.29, 1.82) is 0 Å². The SMILES string of the molecule is CCCCC/C=C\C/C=C\CCCCCCCCCC(=O)OCCCCCCCCCCCCC/C=C\CCCCCCCCCC(=O)NC(CO)C(O)/C=C/CCCCCCCCC. The van der Waals surface area contributed by atoms with E-state index in [2.05, 4.69) is 55.6 Å². The number of amides is 1. The minimum absolute atomic E-state index is 0.000793. The Morgan fingerprint density at radius 2 is 0.769 bits per heavy atom. The molecule has 0 spiro atoms. The smallest absolute Gasteiger partial charge is 0.305 e. The first kappa shape index (κ1) is 62.8. The van der Waals surface area contributed by atoms with Gasteiger partial charge in [0, 0.05) is 12.8 Å². The Morgan fingerprint density at radius 1 is 0.431 bits per heavy atom. The van der Waals surface area contributed by atoms with E-state index < -0.39 is 12.1 Å². The van der Waals surface area contributed by atoms with Gasteiger partial charge < -0.3 is 20.3 Å². The van der Waals surface area contributed by atoms with Crippen LogP contribution in [0.5, 0.6) is 0 Å². The third kappa shape index (κ3) is 51.1. The number of carbonyl (C=O) groups is 2. The lowest BCUT2D eigenvalue weighted by molar-refractivity contribution is -0.143. The van der Waals surface area contributed by atoms with Gasteiger partial charge in [0.25, 0.3) is 0 Å². The largest absolute Gasteiger partial charge is 0.466 e. The minimum Gasteiger partial charge on any atom is -0.466 e. The lowest BCUT2D eigenvalue weighted by atomic mass is 10.0. The Balaban J connectivity index is 3.41. The third-order valence-corrected chi connectivity index (χ3v) is 12.8. The number of nitrogens with one attached hydrogen (secondary N) is 1. The highest BCUT2D eigenvalue weighted by molar-refractivity contribution is 5.76. The highest BCUT2D eigenvalue weighted by Gasteiger charge is 2.18. The molecule has 0 aliphatic rings. The van der Waals surface area contributed by atoms with Crippen LogP contribution in [0, 0.1) is 0 Å². The van der Waals surface area contributed by atoms with Crippen molar-refractivity contribution in [2.75, 3.05) is 13.2 Å². The van der Waals surface area contributed by atoms with Crippen LogP contribution >= 0.6 is 0 Å². The molecule has 0 fully saturated rings. The van der Waals surface area contributed by atoms with Crippen molar-refractivity contribution in [2.24, 2.45) is 0 Å². The van der Waals surface area contributed by atoms with Crippen LogP contribution < -0.4 is 5.32 Å². The van der Waals surface area contributed by atoms with Crippen molar-refractivity contribution in [3.05, 3.63) is 48.6 Å². The maximum Gasteiger partial charge on any atom is 0.305 e. The first-order valence-electron chi connectivity index (χ1n) is 28.4. The predicted molar refractivity (Wildman–Crippen MR) is 282 cm³/mol. The van der Waals surface area contributed by atoms with Crippen LogP contribution in [-0.2, 0) is 14.3 Å². The summed E-state index contributed by atoms with van der Waals surface area (Å²) in [5, 5.41) is 22.9. The Kier molecular flexibility index (Phi) is 52.6. The number of rotatable bonds is 52. The van der Waals surface area contributed by atoms with Gasteiger partial charge in [-0.3, -0.25) is 9.59 Å². The Labute approximate surface area is 404 Å². The molecule has 0 aliphatic carbocycles. The van der Waals surface area contributed by atoms with Crippen LogP contribution in [0.3, 0.4) is 0 Å². The van der Waals surface area contributed by atoms with Crippen LogP contribution in [0.4, 0.5) is 0 Å². The molecule has 6 nitrogen and oxygen atoms in total. The van der Waals surface area contributed by atoms with Crippen molar-refractivity contribution >= 4 is 11.9 Å². The Bertz CT molecular complexity index is 1100. The molecule has 3 N–H and O–H groups in total. The number of hydrogen-bond donors (Lipinski definition) is 3. The number of hydrogen-bond acceptors (Lipinski definition) is 5. The van der Waals surface area contributed by atoms with Gasteiger partial charge in [-0.1, -0.05) is 236 Å². The number of unbranched alkanes of at least 4 members (excludes halogenated alkanes) is 35. The molecule has 0 bridgehead atoms. The number of aliphatic hydroxyl groups is 2. The second-order valence-corrected chi connectivity index (χ2v) is 19.3. The molecule has 0 aromatic heterocycles. The van der Waals surface area contributed by atoms with Crippen LogP contribution in [-0.4, -0.2) is 47.4 Å². The quantitative estimate of drug-likeness (QED) is 0.0321. The molecule has 0 radical (unpaired) electrons. The van der Waals surface area contributed by atoms with Crippen molar-refractivity contribution < 1.29 is 24.5 Å². The lowest BCUT2D eigenvalue weighted by Gasteiger charge is -2.20. The zero-order valence-corrected chi connectivity index (χ0v) is 43.2. The fraction of sp³-hybridized carbons (Fsp3) is 0.831. The van der Waals surface area contributed by atoms with Gasteiger partial charge in [-0.15, -0.1) is 0 Å². The first-order chi connectivity index (χ1) is 32.0. The van der Waals surface area contributed by atoms with Gasteiger partial charge in [-0.05, 0) is 89.9 Å². The second kappa shape index (κ2) is 54.4. The number of aliphatic hydroxyl groups excluding tert-OH is 2. The molecule has 0 saturated carbocycles. The van der Waals surface area contributed by atoms with Crippen molar-refractivity contribution in [1.82, 2.24) is 5.32 Å². The molecule has 65 heavy (non-hydrogen) atoms. The van der Waals surface area contributed by atoms with E-state index in [1.54, 1.807) is 6.08 Å². The average molecular weight is 913 g/mol. The summed E-state index contributed by atoms with van der Waals surface area (Å²) in [6, 6.07) is -0.631. The van der Waals surface area contributed by atoms with Gasteiger partial charge in [-0.25, -0.2) is 0 Å². The summed E-state index contributed by atoms with van der Waals surface area (Å²) in [7, 11) is 0. The molecule has 0 saturated heterocycles. The highest BCUT2D eigenvalue weighted by atomic mass is 16.5. The zero-order chi connectivity index (χ0) is 47.2. The standard InChI is InChI=1S/C59H109NO5/c1-3-5-7-9-11-13-14-15-16-23-27-30-33-37-41-45-49-53-59(64)65-54-50-46-42-38-34-31-28-25-22-20-18-17-19-21-24-26-29-32-36-40-44-48-52-58(63)60-56(55-61)57(62)51-47-43-39-35-12-10-8-6-4-2/h11,13,15-16,19,21,47,51,56-57,61-62H,3-10,12,14,17-18,20,22-46,48-50,52-55H2,1-2H3,(H,60,63)/b13-11-,16-15-,21-19-,51-47+. The molecule has 6 heteroatoms. The van der Waals surface area contributed by atoms with Gasteiger partial charge in [0.05, 0.1) is 25.4 Å². The minimum atomic E-state index is -0.847. The van der Waals surface area contributed by atoms with E-state index >= 15 is 0 Å². The normalized spacial score (nSPS) is 13.0. The first-order valence-corrected chi connectivity index (χ1v) is 28.4. The summed E-state index contributed by atoms with van der Waals surface area (Å²) in [6.07, 6.45) is 68.5. The summed E-state index contributed by atoms with van der Waals surface area (Å²) >= 11 is 0. The zero-order valence-electron chi connectivity index (χ0n) is 43.2. The van der Waals surface area contributed by atoms with E-state index in [4.69, 9.17) is 4.74 Å². The van der Waals surface area contributed by atoms with E-state index in [1.807, 2.05) is 6.08 Å². The lowest BCUT2D eigenvalue weighted by Crippen LogP contribution is -2.45. The molecular weight excluding hydrogens is 803 g/mol. The maximum atomic E-state index is 12.4. The summed E-state index contributed by atoms with van der Waals surface area (Å²) < 4.78 is 5.48. The van der Waals surface area contributed by atoms with Gasteiger partial charge in [0.2, 0.25) is 5.91 Å². The van der Waals surface area contributed by atoms with E-state index in [9.17, 15) is 19.8 Å². The number of carbonyl (C=O) groups excluding carboxylic acids is 2. The molecule has 2 unspecified atom stereocenters. The van der Waals surface area contributed by atoms with E-state index in [0.29, 0.717) is 19.4 Å². The Hall–Kier alpha value is -2.18. The average Bonchev–Trinajstić information content (AvgIpc) is 3.31. The van der Waals surface area contributed by atoms with Gasteiger partial charge in [-0.2, -0.15) is 0 Å². The summed E-state index contributed by atoms with van der Waals surface area (Å²) in [6.45, 7) is 4.84. The molecule has 2 atom stereocenters. The van der Waals surface area contributed by atoms with Crippen molar-refractivity contribution in [3.8, 4) is 0 Å². The number of ether oxygens (including phenoxy) is 1. The maximum absolute atomic E-state index is 12.4. The van der Waals surface area contributed by atoms with E-state index in [1.165, 1.54) is 205 Å². The topological polar surface area (TPSA) is 95.9 Å². The number of allylic oxidation sites excluding steroid dienone is 7. The van der Waals surface area contributed by atoms with Crippen LogP contribution in [0.15, 0.2) is 48.6 Å². The van der Waals surface area contributed by atoms with Crippen molar-refractivity contribution in [3.63, 3.8) is 0 Å². The van der Waals surface area contributed by atoms with Crippen molar-refractivity contribution in [2.45, 2.75) is 302 Å². The van der Waals surface area contributed by atoms with Gasteiger partial charge in [0.15, 0.2) is 0 Å². The van der Waals surface area contributed by atoms with E-state index in [-0.39, 0.29) is 18.5 Å². The van der Waals surface area contributed by atoms with Gasteiger partial charge in [0.1, 0.15) is 0 Å². The third-order valence-electron chi connectivity index (χ3n) is 12.8. The molecule has 0 aromatic rings. The summed E-state index contributed by atoms with van der Waals surface area (Å²) in [5.74, 6) is -0.0778. The van der Waals surface area contributed by atoms with Gasteiger partial charge >= 0.3 is 5.97 Å². The number of esters is 1. The van der Waals surface area contributed by atoms with E-state index in [0.717, 1.165) is 57.8 Å². The predicted octanol–water partition coefficient (Wildman–Crippen LogP) is 17.4. The Morgan fingerprint density at radius 3 is 1.22 bits per heavy atom. The molecular formula is C59H109NO5. The summed E-state index contributed by atoms with van der Waals surface area (Å²) in [4.78, 5) is 24.4. The van der Waals surface area contributed by atoms with Crippen LogP contribution in [0.25, 0.3) is 0 Å². The molecule has 1 amide bonds. The second-order valence-electron chi connectivity index (χ2n) is 19.3. The van der Waals surface area contributed by atoms with Crippen LogP contribution in [0.1, 0.15) is 290 Å². The molecule has 0 aliphatic heterocycles. The highest BCUT2D eigenvalue weighted by Crippen LogP contribution is 2.15. The molecule has 380 valence electrons. The van der Waals surface area contributed by atoms with Crippen LogP contribution in [0.2, 0.25) is 0 Å². The molecule has 0 heterocycles. The monoisotopic (exact) mass is 912 g/mol. The molecule has 0 rings (SSSR count).